The first kappa shape index (κ1) is 19.7. The summed E-state index contributed by atoms with van der Waals surface area (Å²) < 4.78 is 2.35. The lowest BCUT2D eigenvalue weighted by Crippen LogP contribution is -2.32. The molecule has 2 aliphatic heterocycles. The molecule has 3 nitrogen and oxygen atoms in total. The van der Waals surface area contributed by atoms with Gasteiger partial charge in [0.1, 0.15) is 0 Å². The molecule has 7 rings (SSSR count). The number of para-hydroxylation sites is 2. The molecule has 2 aliphatic rings. The van der Waals surface area contributed by atoms with E-state index in [4.69, 9.17) is 0 Å². The number of hydrazine groups is 1. The summed E-state index contributed by atoms with van der Waals surface area (Å²) in [6, 6.07) is 35.0. The van der Waals surface area contributed by atoms with Gasteiger partial charge in [-0.15, -0.1) is 0 Å². The Balaban J connectivity index is 1.22. The van der Waals surface area contributed by atoms with Crippen LogP contribution in [0, 0.1) is 0 Å². The van der Waals surface area contributed by atoms with Gasteiger partial charge < -0.3 is 4.57 Å². The molecule has 1 aromatic heterocycles. The first-order valence-electron chi connectivity index (χ1n) is 11.9. The number of fused-ring (bicyclic) bond motifs is 4. The van der Waals surface area contributed by atoms with E-state index in [1.165, 1.54) is 44.2 Å². The molecule has 35 heavy (non-hydrogen) atoms. The van der Waals surface area contributed by atoms with Crippen molar-refractivity contribution in [2.24, 2.45) is 0 Å². The van der Waals surface area contributed by atoms with Crippen molar-refractivity contribution in [2.75, 3.05) is 0 Å². The van der Waals surface area contributed by atoms with Crippen molar-refractivity contribution in [2.45, 2.75) is 0 Å². The zero-order valence-corrected chi connectivity index (χ0v) is 19.1. The fraction of sp³-hybridized carbons (Fsp3) is 0. The third-order valence-electron chi connectivity index (χ3n) is 6.79. The Hall–Kier alpha value is -4.76. The highest BCUT2D eigenvalue weighted by Crippen LogP contribution is 2.33. The van der Waals surface area contributed by atoms with E-state index in [0.29, 0.717) is 0 Å². The summed E-state index contributed by atoms with van der Waals surface area (Å²) in [5.41, 5.74) is 8.40. The third-order valence-corrected chi connectivity index (χ3v) is 6.79. The number of rotatable bonds is 3. The Morgan fingerprint density at radius 3 is 1.69 bits per heavy atom. The second-order valence-corrected chi connectivity index (χ2v) is 8.79. The highest BCUT2D eigenvalue weighted by Gasteiger charge is 2.17. The van der Waals surface area contributed by atoms with Crippen LogP contribution in [0.2, 0.25) is 0 Å². The number of hydrogen-bond acceptors (Lipinski definition) is 2. The van der Waals surface area contributed by atoms with E-state index in [2.05, 4.69) is 148 Å². The van der Waals surface area contributed by atoms with Gasteiger partial charge in [-0.25, -0.2) is 0 Å². The van der Waals surface area contributed by atoms with Gasteiger partial charge in [-0.2, -0.15) is 0 Å². The van der Waals surface area contributed by atoms with Gasteiger partial charge in [-0.3, -0.25) is 10.0 Å². The van der Waals surface area contributed by atoms with E-state index in [0.717, 1.165) is 5.70 Å². The molecule has 0 amide bonds. The van der Waals surface area contributed by atoms with Crippen molar-refractivity contribution in [3.63, 3.8) is 0 Å². The van der Waals surface area contributed by atoms with Gasteiger partial charge in [0.2, 0.25) is 0 Å². The van der Waals surface area contributed by atoms with Crippen LogP contribution in [0.25, 0.3) is 44.3 Å². The van der Waals surface area contributed by atoms with Crippen molar-refractivity contribution in [1.29, 1.82) is 0 Å². The minimum absolute atomic E-state index is 1.15. The summed E-state index contributed by atoms with van der Waals surface area (Å²) >= 11 is 0. The van der Waals surface area contributed by atoms with Gasteiger partial charge in [-0.1, -0.05) is 72.8 Å². The van der Waals surface area contributed by atoms with Gasteiger partial charge in [0.05, 0.1) is 16.7 Å². The molecule has 0 unspecified atom stereocenters. The van der Waals surface area contributed by atoms with Crippen molar-refractivity contribution in [3.8, 4) is 16.8 Å². The zero-order valence-electron chi connectivity index (χ0n) is 19.1. The van der Waals surface area contributed by atoms with Crippen LogP contribution < -0.4 is 0 Å². The molecule has 0 fully saturated rings. The first-order valence-corrected chi connectivity index (χ1v) is 11.9. The summed E-state index contributed by atoms with van der Waals surface area (Å²) in [6.45, 7) is 0. The lowest BCUT2D eigenvalue weighted by molar-refractivity contribution is 0.212. The maximum Gasteiger partial charge on any atom is 0.0702 e. The highest BCUT2D eigenvalue weighted by atomic mass is 15.6. The molecule has 3 heteroatoms. The standard InChI is InChI=1S/C32H23N3/c1-3-10-31-28(8-1)29-9-2-4-11-32(29)35(31)27-19-17-25(18-20-27)24-13-15-26(16-14-24)30-12-7-22-33-21-5-6-23-34(30)33/h1-23H. The second kappa shape index (κ2) is 7.93. The van der Waals surface area contributed by atoms with E-state index in [1.807, 2.05) is 6.08 Å². The fourth-order valence-electron chi connectivity index (χ4n) is 5.11. The molecule has 0 saturated carbocycles. The molecule has 0 saturated heterocycles. The molecule has 0 atom stereocenters. The number of aromatic nitrogens is 1. The average Bonchev–Trinajstić information content (AvgIpc) is 3.27. The summed E-state index contributed by atoms with van der Waals surface area (Å²) in [5, 5.41) is 6.80. The molecule has 5 aromatic rings. The SMILES string of the molecule is C1=CN2C=CC=C(c3ccc(-c4ccc(-n5c6ccccc6c6ccccc65)cc4)cc3)N2C=C1. The minimum Gasteiger partial charge on any atom is -0.309 e. The maximum atomic E-state index is 2.35. The quantitative estimate of drug-likeness (QED) is 0.278. The van der Waals surface area contributed by atoms with Crippen molar-refractivity contribution < 1.29 is 0 Å². The molecular weight excluding hydrogens is 426 g/mol. The van der Waals surface area contributed by atoms with Gasteiger partial charge in [0.25, 0.3) is 0 Å². The van der Waals surface area contributed by atoms with Crippen LogP contribution in [-0.2, 0) is 0 Å². The monoisotopic (exact) mass is 449 g/mol. The van der Waals surface area contributed by atoms with Gasteiger partial charge >= 0.3 is 0 Å². The van der Waals surface area contributed by atoms with Crippen molar-refractivity contribution >= 4 is 27.5 Å². The summed E-state index contributed by atoms with van der Waals surface area (Å²) in [6.07, 6.45) is 14.5. The van der Waals surface area contributed by atoms with Gasteiger partial charge in [-0.05, 0) is 59.7 Å². The Kier molecular flexibility index (Phi) is 4.46. The maximum absolute atomic E-state index is 2.35. The normalized spacial score (nSPS) is 14.6. The molecular formula is C32H23N3. The van der Waals surface area contributed by atoms with Gasteiger partial charge in [0, 0.05) is 40.6 Å². The fourth-order valence-corrected chi connectivity index (χ4v) is 5.11. The Morgan fingerprint density at radius 1 is 0.457 bits per heavy atom. The number of allylic oxidation sites excluding steroid dienone is 4. The Morgan fingerprint density at radius 2 is 1.00 bits per heavy atom. The van der Waals surface area contributed by atoms with E-state index in [1.54, 1.807) is 0 Å². The Bertz CT molecular complexity index is 1630. The zero-order chi connectivity index (χ0) is 23.2. The molecule has 0 N–H and O–H groups in total. The number of nitrogens with zero attached hydrogens (tertiary/aromatic N) is 3. The first-order chi connectivity index (χ1) is 17.4. The van der Waals surface area contributed by atoms with Gasteiger partial charge in [0.15, 0.2) is 0 Å². The summed E-state index contributed by atoms with van der Waals surface area (Å²) in [4.78, 5) is 0. The Labute approximate surface area is 204 Å². The van der Waals surface area contributed by atoms with Crippen LogP contribution in [-0.4, -0.2) is 14.6 Å². The molecule has 0 aliphatic carbocycles. The van der Waals surface area contributed by atoms with E-state index >= 15 is 0 Å². The predicted molar refractivity (Wildman–Crippen MR) is 145 cm³/mol. The molecule has 3 heterocycles. The number of hydrogen-bond donors (Lipinski definition) is 0. The van der Waals surface area contributed by atoms with E-state index in [9.17, 15) is 0 Å². The van der Waals surface area contributed by atoms with Crippen LogP contribution in [0.4, 0.5) is 0 Å². The van der Waals surface area contributed by atoms with Crippen LogP contribution in [0.15, 0.2) is 140 Å². The average molecular weight is 450 g/mol. The largest absolute Gasteiger partial charge is 0.309 e. The van der Waals surface area contributed by atoms with Crippen molar-refractivity contribution in [1.82, 2.24) is 14.6 Å². The predicted octanol–water partition coefficient (Wildman–Crippen LogP) is 7.88. The smallest absolute Gasteiger partial charge is 0.0702 e. The van der Waals surface area contributed by atoms with E-state index in [-0.39, 0.29) is 0 Å². The van der Waals surface area contributed by atoms with Crippen LogP contribution >= 0.6 is 0 Å². The summed E-state index contributed by atoms with van der Waals surface area (Å²) in [5.74, 6) is 0. The molecule has 4 aromatic carbocycles. The highest BCUT2D eigenvalue weighted by molar-refractivity contribution is 6.09. The van der Waals surface area contributed by atoms with Crippen LogP contribution in [0.5, 0.6) is 0 Å². The van der Waals surface area contributed by atoms with Crippen LogP contribution in [0.1, 0.15) is 5.56 Å². The molecule has 0 bridgehead atoms. The topological polar surface area (TPSA) is 11.4 Å². The lowest BCUT2D eigenvalue weighted by Gasteiger charge is -2.36. The van der Waals surface area contributed by atoms with E-state index < -0.39 is 0 Å². The second-order valence-electron chi connectivity index (χ2n) is 8.79. The third kappa shape index (κ3) is 3.21. The number of benzene rings is 4. The molecule has 0 radical (unpaired) electrons. The lowest BCUT2D eigenvalue weighted by atomic mass is 10.0. The molecule has 0 spiro atoms. The van der Waals surface area contributed by atoms with Crippen LogP contribution in [0.3, 0.4) is 0 Å². The van der Waals surface area contributed by atoms with Crippen molar-refractivity contribution in [3.05, 3.63) is 146 Å². The summed E-state index contributed by atoms with van der Waals surface area (Å²) in [7, 11) is 0. The molecule has 166 valence electrons. The minimum atomic E-state index is 1.15.